The second-order valence-corrected chi connectivity index (χ2v) is 3.07. The second kappa shape index (κ2) is 5.44. The van der Waals surface area contributed by atoms with Crippen LogP contribution in [-0.4, -0.2) is 13.1 Å². The summed E-state index contributed by atoms with van der Waals surface area (Å²) in [6.45, 7) is -0.624. The van der Waals surface area contributed by atoms with Crippen LogP contribution < -0.4 is 4.90 Å². The van der Waals surface area contributed by atoms with Gasteiger partial charge in [-0.05, 0) is 12.1 Å². The van der Waals surface area contributed by atoms with E-state index >= 15 is 0 Å². The number of hydrogen-bond donors (Lipinski definition) is 0. The van der Waals surface area contributed by atoms with Gasteiger partial charge >= 0.3 is 0 Å². The molecule has 0 bridgehead atoms. The van der Waals surface area contributed by atoms with Crippen molar-refractivity contribution in [3.8, 4) is 18.2 Å². The maximum absolute atomic E-state index is 13.5. The highest BCUT2D eigenvalue weighted by molar-refractivity contribution is 5.53. The van der Waals surface area contributed by atoms with Crippen LogP contribution in [0.25, 0.3) is 0 Å². The monoisotopic (exact) mass is 232 g/mol. The van der Waals surface area contributed by atoms with Crippen molar-refractivity contribution in [1.82, 2.24) is 0 Å². The Hall–Kier alpha value is -2.65. The largest absolute Gasteiger partial charge is 0.340 e. The van der Waals surface area contributed by atoms with E-state index in [0.717, 1.165) is 17.0 Å². The second-order valence-electron chi connectivity index (χ2n) is 3.07. The average molecular weight is 232 g/mol. The fourth-order valence-corrected chi connectivity index (χ4v) is 1.32. The van der Waals surface area contributed by atoms with Gasteiger partial charge in [-0.15, -0.1) is 0 Å². The first-order chi connectivity index (χ1) is 8.13. The molecule has 0 heterocycles. The van der Waals surface area contributed by atoms with Gasteiger partial charge in [0.15, 0.2) is 11.6 Å². The van der Waals surface area contributed by atoms with Crippen molar-refractivity contribution < 1.29 is 8.78 Å². The van der Waals surface area contributed by atoms with Gasteiger partial charge in [-0.25, -0.2) is 8.78 Å². The third kappa shape index (κ3) is 2.68. The van der Waals surface area contributed by atoms with Gasteiger partial charge in [0.2, 0.25) is 0 Å². The van der Waals surface area contributed by atoms with Crippen LogP contribution in [0.5, 0.6) is 0 Å². The summed E-state index contributed by atoms with van der Waals surface area (Å²) in [7, 11) is 0. The van der Waals surface area contributed by atoms with E-state index in [2.05, 4.69) is 0 Å². The van der Waals surface area contributed by atoms with E-state index in [0.29, 0.717) is 0 Å². The highest BCUT2D eigenvalue weighted by Crippen LogP contribution is 2.24. The maximum Gasteiger partial charge on any atom is 0.150 e. The molecule has 0 aliphatic carbocycles. The van der Waals surface area contributed by atoms with Crippen molar-refractivity contribution in [3.63, 3.8) is 0 Å². The molecule has 0 aromatic heterocycles. The number of halogens is 2. The normalized spacial score (nSPS) is 8.88. The van der Waals surface area contributed by atoms with Crippen LogP contribution in [0.3, 0.4) is 0 Å². The summed E-state index contributed by atoms with van der Waals surface area (Å²) in [5, 5.41) is 25.5. The van der Waals surface area contributed by atoms with E-state index in [4.69, 9.17) is 15.8 Å². The van der Waals surface area contributed by atoms with Gasteiger partial charge in [0.25, 0.3) is 0 Å². The first-order valence-electron chi connectivity index (χ1n) is 4.52. The SMILES string of the molecule is N#CCN(CC#N)c1c(F)cc(C#N)cc1F. The number of anilines is 1. The van der Waals surface area contributed by atoms with E-state index in [-0.39, 0.29) is 18.7 Å². The molecule has 0 spiro atoms. The fraction of sp³-hybridized carbons (Fsp3) is 0.182. The molecular weight excluding hydrogens is 226 g/mol. The predicted octanol–water partition coefficient (Wildman–Crippen LogP) is 1.69. The Labute approximate surface area is 96.5 Å². The van der Waals surface area contributed by atoms with Crippen LogP contribution >= 0.6 is 0 Å². The molecule has 0 aliphatic heterocycles. The topological polar surface area (TPSA) is 74.6 Å². The molecule has 6 heteroatoms. The standard InChI is InChI=1S/C11H6F2N4/c12-9-5-8(7-16)6-10(13)11(9)17(3-1-14)4-2-15/h5-6H,3-4H2. The molecule has 1 aromatic carbocycles. The van der Waals surface area contributed by atoms with Crippen LogP contribution in [0, 0.1) is 45.6 Å². The van der Waals surface area contributed by atoms with Gasteiger partial charge in [0, 0.05) is 0 Å². The highest BCUT2D eigenvalue weighted by Gasteiger charge is 2.17. The molecule has 0 fully saturated rings. The lowest BCUT2D eigenvalue weighted by Gasteiger charge is -2.19. The van der Waals surface area contributed by atoms with Crippen molar-refractivity contribution in [1.29, 1.82) is 15.8 Å². The minimum absolute atomic E-state index is 0.155. The molecule has 0 unspecified atom stereocenters. The van der Waals surface area contributed by atoms with Gasteiger partial charge < -0.3 is 4.90 Å². The van der Waals surface area contributed by atoms with E-state index < -0.39 is 17.3 Å². The maximum atomic E-state index is 13.5. The van der Waals surface area contributed by atoms with Gasteiger partial charge in [0.1, 0.15) is 18.8 Å². The summed E-state index contributed by atoms with van der Waals surface area (Å²) in [6.07, 6.45) is 0. The molecule has 4 nitrogen and oxygen atoms in total. The zero-order valence-electron chi connectivity index (χ0n) is 8.61. The molecule has 0 saturated heterocycles. The molecule has 1 rings (SSSR count). The number of nitrogens with zero attached hydrogens (tertiary/aromatic N) is 4. The van der Waals surface area contributed by atoms with Crippen LogP contribution in [-0.2, 0) is 0 Å². The molecule has 0 N–H and O–H groups in total. The number of nitriles is 3. The van der Waals surface area contributed by atoms with Crippen LogP contribution in [0.1, 0.15) is 5.56 Å². The fourth-order valence-electron chi connectivity index (χ4n) is 1.32. The van der Waals surface area contributed by atoms with Gasteiger partial charge in [-0.1, -0.05) is 0 Å². The first kappa shape index (κ1) is 12.4. The van der Waals surface area contributed by atoms with E-state index in [9.17, 15) is 8.78 Å². The summed E-state index contributed by atoms with van der Waals surface area (Å²) in [5.74, 6) is -1.93. The molecule has 0 atom stereocenters. The van der Waals surface area contributed by atoms with Crippen LogP contribution in [0.15, 0.2) is 12.1 Å². The third-order valence-corrected chi connectivity index (χ3v) is 1.99. The minimum Gasteiger partial charge on any atom is -0.340 e. The van der Waals surface area contributed by atoms with Gasteiger partial charge in [0.05, 0.1) is 23.8 Å². The van der Waals surface area contributed by atoms with Crippen LogP contribution in [0.4, 0.5) is 14.5 Å². The summed E-state index contributed by atoms with van der Waals surface area (Å²) in [4.78, 5) is 0.964. The Kier molecular flexibility index (Phi) is 3.97. The smallest absolute Gasteiger partial charge is 0.150 e. The lowest BCUT2D eigenvalue weighted by molar-refractivity contribution is 0.577. The molecular formula is C11H6F2N4. The molecule has 1 aromatic rings. The van der Waals surface area contributed by atoms with Crippen molar-refractivity contribution in [2.75, 3.05) is 18.0 Å². The minimum atomic E-state index is -0.966. The molecule has 0 saturated carbocycles. The molecule has 0 aliphatic rings. The third-order valence-electron chi connectivity index (χ3n) is 1.99. The lowest BCUT2D eigenvalue weighted by atomic mass is 10.2. The summed E-state index contributed by atoms with van der Waals surface area (Å²) >= 11 is 0. The summed E-state index contributed by atoms with van der Waals surface area (Å²) < 4.78 is 27.1. The van der Waals surface area contributed by atoms with E-state index in [1.807, 2.05) is 0 Å². The Morgan fingerprint density at radius 1 is 1.00 bits per heavy atom. The Bertz CT molecular complexity index is 509. The van der Waals surface area contributed by atoms with E-state index in [1.165, 1.54) is 0 Å². The van der Waals surface area contributed by atoms with Crippen LogP contribution in [0.2, 0.25) is 0 Å². The Morgan fingerprint density at radius 3 is 1.82 bits per heavy atom. The van der Waals surface area contributed by atoms with Crippen molar-refractivity contribution >= 4 is 5.69 Å². The van der Waals surface area contributed by atoms with E-state index in [1.54, 1.807) is 18.2 Å². The zero-order valence-corrected chi connectivity index (χ0v) is 8.61. The van der Waals surface area contributed by atoms with Gasteiger partial charge in [-0.2, -0.15) is 15.8 Å². The number of benzene rings is 1. The number of hydrogen-bond acceptors (Lipinski definition) is 4. The van der Waals surface area contributed by atoms with Crippen molar-refractivity contribution in [2.45, 2.75) is 0 Å². The summed E-state index contributed by atoms with van der Waals surface area (Å²) in [6, 6.07) is 6.75. The zero-order chi connectivity index (χ0) is 12.8. The van der Waals surface area contributed by atoms with Gasteiger partial charge in [-0.3, -0.25) is 0 Å². The average Bonchev–Trinajstić information content (AvgIpc) is 2.28. The van der Waals surface area contributed by atoms with Crippen molar-refractivity contribution in [3.05, 3.63) is 29.3 Å². The first-order valence-corrected chi connectivity index (χ1v) is 4.52. The Balaban J connectivity index is 3.26. The predicted molar refractivity (Wildman–Crippen MR) is 54.5 cm³/mol. The molecule has 0 radical (unpaired) electrons. The number of rotatable bonds is 3. The lowest BCUT2D eigenvalue weighted by Crippen LogP contribution is -2.26. The Morgan fingerprint density at radius 2 is 1.47 bits per heavy atom. The quantitative estimate of drug-likeness (QED) is 0.743. The van der Waals surface area contributed by atoms with Crippen molar-refractivity contribution in [2.24, 2.45) is 0 Å². The molecule has 0 amide bonds. The highest BCUT2D eigenvalue weighted by atomic mass is 19.1. The summed E-state index contributed by atoms with van der Waals surface area (Å²) in [5.41, 5.74) is -0.621. The molecule has 17 heavy (non-hydrogen) atoms. The molecule has 84 valence electrons.